The Hall–Kier alpha value is -1.69. The summed E-state index contributed by atoms with van der Waals surface area (Å²) in [5.41, 5.74) is 0.710. The number of methoxy groups -OCH3 is 1. The molecule has 0 spiro atoms. The minimum atomic E-state index is -0.875. The Kier molecular flexibility index (Phi) is 4.77. The normalized spacial score (nSPS) is 14.2. The van der Waals surface area contributed by atoms with Crippen molar-refractivity contribution in [3.63, 3.8) is 0 Å². The molecule has 21 heavy (non-hydrogen) atoms. The lowest BCUT2D eigenvalue weighted by Gasteiger charge is -2.30. The lowest BCUT2D eigenvalue weighted by atomic mass is 9.97. The predicted molar refractivity (Wildman–Crippen MR) is 82.7 cm³/mol. The van der Waals surface area contributed by atoms with Gasteiger partial charge in [-0.3, -0.25) is 0 Å². The third-order valence-corrected chi connectivity index (χ3v) is 3.58. The van der Waals surface area contributed by atoms with Crippen LogP contribution < -0.4 is 0 Å². The Morgan fingerprint density at radius 2 is 2.05 bits per heavy atom. The summed E-state index contributed by atoms with van der Waals surface area (Å²) in [6, 6.07) is 7.32. The monoisotopic (exact) mass is 307 g/mol. The lowest BCUT2D eigenvalue weighted by Crippen LogP contribution is -2.40. The number of rotatable bonds is 5. The molecule has 5 nitrogen and oxygen atoms in total. The van der Waals surface area contributed by atoms with Crippen molar-refractivity contribution in [2.45, 2.75) is 25.6 Å². The van der Waals surface area contributed by atoms with E-state index in [4.69, 9.17) is 16.3 Å². The summed E-state index contributed by atoms with van der Waals surface area (Å²) in [7, 11) is 1.56. The van der Waals surface area contributed by atoms with Gasteiger partial charge in [0.2, 0.25) is 0 Å². The Morgan fingerprint density at radius 1 is 1.38 bits per heavy atom. The van der Waals surface area contributed by atoms with E-state index in [2.05, 4.69) is 10.1 Å². The molecule has 6 heteroatoms. The van der Waals surface area contributed by atoms with Gasteiger partial charge in [-0.1, -0.05) is 23.7 Å². The fourth-order valence-corrected chi connectivity index (χ4v) is 1.94. The van der Waals surface area contributed by atoms with Crippen LogP contribution in [0.5, 0.6) is 0 Å². The van der Waals surface area contributed by atoms with Gasteiger partial charge in [-0.25, -0.2) is 9.67 Å². The summed E-state index contributed by atoms with van der Waals surface area (Å²) in [4.78, 5) is 3.93. The Bertz CT molecular complexity index is 606. The van der Waals surface area contributed by atoms with E-state index in [-0.39, 0.29) is 0 Å². The minimum Gasteiger partial charge on any atom is -0.384 e. The molecule has 0 amide bonds. The number of nitrogens with zero attached hydrogens (tertiary/aromatic N) is 3. The number of hydrogen-bond acceptors (Lipinski definition) is 4. The van der Waals surface area contributed by atoms with Crippen LogP contribution in [0, 0.1) is 0 Å². The van der Waals surface area contributed by atoms with Gasteiger partial charge in [0.15, 0.2) is 0 Å². The van der Waals surface area contributed by atoms with Crippen LogP contribution in [0.1, 0.15) is 19.4 Å². The van der Waals surface area contributed by atoms with Crippen molar-refractivity contribution in [2.24, 2.45) is 0 Å². The first-order chi connectivity index (χ1) is 9.94. The highest BCUT2D eigenvalue weighted by Crippen LogP contribution is 2.25. The van der Waals surface area contributed by atoms with Gasteiger partial charge in [-0.15, -0.1) is 0 Å². The molecule has 1 unspecified atom stereocenters. The summed E-state index contributed by atoms with van der Waals surface area (Å²) in [6.07, 6.45) is 3.91. The Labute approximate surface area is 128 Å². The molecular formula is C15H18ClN3O2. The van der Waals surface area contributed by atoms with Gasteiger partial charge in [0, 0.05) is 12.1 Å². The maximum Gasteiger partial charge on any atom is 0.138 e. The van der Waals surface area contributed by atoms with Gasteiger partial charge in [0.1, 0.15) is 18.8 Å². The zero-order chi connectivity index (χ0) is 15.5. The molecule has 0 bridgehead atoms. The Balaban J connectivity index is 2.44. The molecule has 1 atom stereocenters. The second-order valence-corrected chi connectivity index (χ2v) is 5.61. The Morgan fingerprint density at radius 3 is 2.57 bits per heavy atom. The number of aliphatic hydroxyl groups excluding tert-OH is 1. The van der Waals surface area contributed by atoms with Crippen LogP contribution in [0.3, 0.4) is 0 Å². The number of ether oxygens (including phenoxy) is 1. The van der Waals surface area contributed by atoms with Gasteiger partial charge in [0.25, 0.3) is 0 Å². The molecule has 112 valence electrons. The van der Waals surface area contributed by atoms with Crippen LogP contribution in [-0.2, 0) is 4.74 Å². The fraction of sp³-hybridized carbons (Fsp3) is 0.333. The molecule has 0 aliphatic carbocycles. The van der Waals surface area contributed by atoms with E-state index in [1.807, 2.05) is 32.1 Å². The van der Waals surface area contributed by atoms with Gasteiger partial charge in [-0.05, 0) is 37.6 Å². The quantitative estimate of drug-likeness (QED) is 0.922. The van der Waals surface area contributed by atoms with Crippen LogP contribution in [0.15, 0.2) is 36.9 Å². The largest absolute Gasteiger partial charge is 0.384 e. The van der Waals surface area contributed by atoms with Gasteiger partial charge in [-0.2, -0.15) is 5.10 Å². The maximum atomic E-state index is 10.6. The highest BCUT2D eigenvalue weighted by molar-refractivity contribution is 6.30. The minimum absolute atomic E-state index is 0.571. The number of aliphatic hydroxyl groups is 1. The summed E-state index contributed by atoms with van der Waals surface area (Å²) in [5, 5.41) is 15.4. The van der Waals surface area contributed by atoms with E-state index in [1.54, 1.807) is 19.2 Å². The SMILES string of the molecule is COC(C)(C)C(O)/C(=C\c1ccc(Cl)cc1)n1cncn1. The molecule has 1 aromatic carbocycles. The smallest absolute Gasteiger partial charge is 0.138 e. The van der Waals surface area contributed by atoms with Crippen LogP contribution in [-0.4, -0.2) is 38.7 Å². The van der Waals surface area contributed by atoms with Crippen molar-refractivity contribution < 1.29 is 9.84 Å². The van der Waals surface area contributed by atoms with Crippen molar-refractivity contribution in [2.75, 3.05) is 7.11 Å². The lowest BCUT2D eigenvalue weighted by molar-refractivity contribution is -0.0539. The average molecular weight is 308 g/mol. The molecule has 0 aliphatic heterocycles. The summed E-state index contributed by atoms with van der Waals surface area (Å²) in [5.74, 6) is 0. The average Bonchev–Trinajstić information content (AvgIpc) is 3.00. The van der Waals surface area contributed by atoms with E-state index in [0.29, 0.717) is 10.7 Å². The van der Waals surface area contributed by atoms with Crippen LogP contribution in [0.4, 0.5) is 0 Å². The summed E-state index contributed by atoms with van der Waals surface area (Å²) in [6.45, 7) is 3.62. The fourth-order valence-electron chi connectivity index (χ4n) is 1.81. The van der Waals surface area contributed by atoms with Crippen LogP contribution in [0.2, 0.25) is 5.02 Å². The second-order valence-electron chi connectivity index (χ2n) is 5.17. The van der Waals surface area contributed by atoms with Crippen molar-refractivity contribution in [3.05, 3.63) is 47.5 Å². The highest BCUT2D eigenvalue weighted by atomic mass is 35.5. The summed E-state index contributed by atoms with van der Waals surface area (Å²) < 4.78 is 6.89. The molecule has 0 fully saturated rings. The molecule has 2 aromatic rings. The standard InChI is InChI=1S/C15H18ClN3O2/c1-15(2,21-3)14(20)13(19-10-17-9-18-19)8-11-4-6-12(16)7-5-11/h4-10,14,20H,1-3H3/b13-8+. The van der Waals surface area contributed by atoms with Gasteiger partial charge >= 0.3 is 0 Å². The maximum absolute atomic E-state index is 10.6. The molecule has 0 aliphatic rings. The van der Waals surface area contributed by atoms with E-state index in [9.17, 15) is 5.11 Å². The van der Waals surface area contributed by atoms with Crippen molar-refractivity contribution in [1.29, 1.82) is 0 Å². The third kappa shape index (κ3) is 3.69. The molecule has 0 saturated carbocycles. The number of halogens is 1. The molecule has 0 saturated heterocycles. The van der Waals surface area contributed by atoms with Gasteiger partial charge in [0.05, 0.1) is 11.3 Å². The first-order valence-electron chi connectivity index (χ1n) is 6.49. The zero-order valence-electron chi connectivity index (χ0n) is 12.2. The third-order valence-electron chi connectivity index (χ3n) is 3.33. The van der Waals surface area contributed by atoms with Crippen LogP contribution >= 0.6 is 11.6 Å². The molecular weight excluding hydrogens is 290 g/mol. The highest BCUT2D eigenvalue weighted by Gasteiger charge is 2.32. The van der Waals surface area contributed by atoms with Crippen LogP contribution in [0.25, 0.3) is 11.8 Å². The van der Waals surface area contributed by atoms with E-state index < -0.39 is 11.7 Å². The van der Waals surface area contributed by atoms with Crippen molar-refractivity contribution in [1.82, 2.24) is 14.8 Å². The molecule has 1 heterocycles. The van der Waals surface area contributed by atoms with E-state index >= 15 is 0 Å². The topological polar surface area (TPSA) is 60.2 Å². The number of aromatic nitrogens is 3. The predicted octanol–water partition coefficient (Wildman–Crippen LogP) is 2.72. The zero-order valence-corrected chi connectivity index (χ0v) is 12.9. The molecule has 1 N–H and O–H groups in total. The number of benzene rings is 1. The second kappa shape index (κ2) is 6.39. The van der Waals surface area contributed by atoms with E-state index in [1.165, 1.54) is 17.3 Å². The number of hydrogen-bond donors (Lipinski definition) is 1. The molecule has 2 rings (SSSR count). The first kappa shape index (κ1) is 15.7. The van der Waals surface area contributed by atoms with Crippen molar-refractivity contribution >= 4 is 23.4 Å². The first-order valence-corrected chi connectivity index (χ1v) is 6.87. The van der Waals surface area contributed by atoms with Gasteiger partial charge < -0.3 is 9.84 Å². The molecule has 0 radical (unpaired) electrons. The van der Waals surface area contributed by atoms with Crippen molar-refractivity contribution in [3.8, 4) is 0 Å². The van der Waals surface area contributed by atoms with E-state index in [0.717, 1.165) is 5.56 Å². The summed E-state index contributed by atoms with van der Waals surface area (Å²) >= 11 is 5.89. The molecule has 1 aromatic heterocycles.